The van der Waals surface area contributed by atoms with Crippen molar-refractivity contribution < 1.29 is 62.0 Å². The van der Waals surface area contributed by atoms with Gasteiger partial charge in [0.15, 0.2) is 5.60 Å². The zero-order valence-corrected chi connectivity index (χ0v) is 14.0. The second-order valence-corrected chi connectivity index (χ2v) is 5.20. The normalized spacial score (nSPS) is 37.6. The van der Waals surface area contributed by atoms with E-state index in [1.165, 1.54) is 0 Å². The van der Waals surface area contributed by atoms with Crippen molar-refractivity contribution in [2.75, 3.05) is 6.61 Å². The van der Waals surface area contributed by atoms with Crippen LogP contribution in [0.2, 0.25) is 0 Å². The van der Waals surface area contributed by atoms with Crippen molar-refractivity contribution >= 4 is 11.9 Å². The van der Waals surface area contributed by atoms with Crippen LogP contribution in [-0.4, -0.2) is 52.6 Å². The first-order chi connectivity index (χ1) is 8.85. The van der Waals surface area contributed by atoms with Crippen LogP contribution >= 0.6 is 0 Å². The Morgan fingerprint density at radius 2 is 2.15 bits per heavy atom. The third-order valence-corrected chi connectivity index (χ3v) is 3.81. The molecule has 5 atom stereocenters. The number of carbonyl (C=O) groups is 2. The van der Waals surface area contributed by atoms with E-state index in [-0.39, 0.29) is 63.7 Å². The van der Waals surface area contributed by atoms with Gasteiger partial charge >= 0.3 is 11.9 Å². The Hall–Kier alpha value is -0.0761. The maximum absolute atomic E-state index is 11.5. The molecule has 7 nitrogen and oxygen atoms in total. The van der Waals surface area contributed by atoms with E-state index in [1.54, 1.807) is 0 Å². The van der Waals surface area contributed by atoms with Crippen molar-refractivity contribution in [2.45, 2.75) is 43.6 Å². The molecule has 0 aromatic carbocycles. The molecule has 2 heterocycles. The van der Waals surface area contributed by atoms with Gasteiger partial charge in [-0.25, -0.2) is 4.79 Å². The summed E-state index contributed by atoms with van der Waals surface area (Å²) in [6, 6.07) is -1.27. The van der Waals surface area contributed by atoms with E-state index in [9.17, 15) is 14.7 Å². The summed E-state index contributed by atoms with van der Waals surface area (Å²) in [7, 11) is 0. The summed E-state index contributed by atoms with van der Waals surface area (Å²) in [5.74, 6) is -2.35. The summed E-state index contributed by atoms with van der Waals surface area (Å²) >= 11 is 0. The van der Waals surface area contributed by atoms with Crippen molar-refractivity contribution in [2.24, 2.45) is 11.7 Å². The zero-order valence-electron chi connectivity index (χ0n) is 11.2. The minimum Gasteiger partial charge on any atom is -0.480 e. The Bertz CT molecular complexity index is 392. The van der Waals surface area contributed by atoms with Crippen LogP contribution in [0.4, 0.5) is 0 Å². The Morgan fingerprint density at radius 3 is 2.65 bits per heavy atom. The second-order valence-electron chi connectivity index (χ2n) is 5.20. The molecule has 2 aliphatic rings. The molecule has 8 heteroatoms. The quantitative estimate of drug-likeness (QED) is 0.585. The number of nitrogens with two attached hydrogens (primary N) is 1. The van der Waals surface area contributed by atoms with Crippen LogP contribution in [0.1, 0.15) is 19.8 Å². The van der Waals surface area contributed by atoms with Crippen molar-refractivity contribution in [3.8, 4) is 0 Å². The summed E-state index contributed by atoms with van der Waals surface area (Å²) in [5, 5.41) is 18.2. The topological polar surface area (TPSA) is 119 Å². The van der Waals surface area contributed by atoms with Crippen LogP contribution in [-0.2, 0) is 51.8 Å². The van der Waals surface area contributed by atoms with Crippen LogP contribution in [0.25, 0.3) is 0 Å². The first-order valence-electron chi connectivity index (χ1n) is 6.20. The number of ether oxygens (including phenoxy) is 2. The molecule has 4 unspecified atom stereocenters. The van der Waals surface area contributed by atoms with Gasteiger partial charge in [-0.05, 0) is 0 Å². The van der Waals surface area contributed by atoms with Crippen molar-refractivity contribution in [1.29, 1.82) is 0 Å². The van der Waals surface area contributed by atoms with Crippen LogP contribution in [0, 0.1) is 12.3 Å². The smallest absolute Gasteiger partial charge is 0.336 e. The number of hydrogen-bond acceptors (Lipinski definition) is 5. The molecule has 20 heavy (non-hydrogen) atoms. The fraction of sp³-hybridized carbons (Fsp3) is 0.750. The van der Waals surface area contributed by atoms with E-state index in [4.69, 9.17) is 20.3 Å². The van der Waals surface area contributed by atoms with Crippen molar-refractivity contribution in [3.05, 3.63) is 6.42 Å². The molecule has 0 amide bonds. The number of aliphatic carboxylic acids is 2. The number of fused-ring (bicyclic) bond motifs is 1. The Labute approximate surface area is 142 Å². The first-order valence-corrected chi connectivity index (χ1v) is 6.20. The Kier molecular flexibility index (Phi) is 6.10. The third-order valence-electron chi connectivity index (χ3n) is 3.81. The van der Waals surface area contributed by atoms with Gasteiger partial charge in [0, 0.05) is 45.6 Å². The van der Waals surface area contributed by atoms with Crippen LogP contribution in [0.15, 0.2) is 0 Å². The summed E-state index contributed by atoms with van der Waals surface area (Å²) in [5.41, 5.74) is 3.88. The van der Waals surface area contributed by atoms with Gasteiger partial charge in [-0.1, -0.05) is 13.5 Å². The second kappa shape index (κ2) is 6.79. The number of hydrogen-bond donors (Lipinski definition) is 3. The predicted molar refractivity (Wildman–Crippen MR) is 63.3 cm³/mol. The minimum absolute atomic E-state index is 0. The van der Waals surface area contributed by atoms with Gasteiger partial charge in [-0.2, -0.15) is 0 Å². The molecule has 0 aromatic heterocycles. The molecule has 0 bridgehead atoms. The standard InChI is InChI=1S/C12H18NO6.Y/c1-6-2-3-18-8-5-12(11(16)17,19-9(6)8)4-7(13)10(14)15;/h2,6-9H,3-5,13H2,1H3,(H,14,15)(H,16,17);/q-1;/t6?,7?,8?,9?,12-;/m0./s1. The first kappa shape index (κ1) is 18.0. The molecule has 2 aliphatic heterocycles. The van der Waals surface area contributed by atoms with E-state index < -0.39 is 23.6 Å². The van der Waals surface area contributed by atoms with Gasteiger partial charge in [0.05, 0.1) is 12.2 Å². The van der Waals surface area contributed by atoms with Crippen LogP contribution in [0.3, 0.4) is 0 Å². The average Bonchev–Trinajstić information content (AvgIpc) is 2.70. The maximum atomic E-state index is 11.5. The molecular weight excluding hydrogens is 343 g/mol. The van der Waals surface area contributed by atoms with Gasteiger partial charge in [0.1, 0.15) is 6.04 Å². The summed E-state index contributed by atoms with van der Waals surface area (Å²) in [4.78, 5) is 22.3. The molecule has 0 spiro atoms. The van der Waals surface area contributed by atoms with Gasteiger partial charge in [-0.15, -0.1) is 5.92 Å². The number of carboxylic acids is 2. The fourth-order valence-electron chi connectivity index (χ4n) is 2.69. The van der Waals surface area contributed by atoms with E-state index in [0.29, 0.717) is 6.61 Å². The molecule has 4 N–H and O–H groups in total. The molecule has 0 saturated carbocycles. The average molecular weight is 361 g/mol. The van der Waals surface area contributed by atoms with Crippen LogP contribution < -0.4 is 5.73 Å². The molecule has 0 aliphatic carbocycles. The molecule has 2 fully saturated rings. The molecule has 111 valence electrons. The molecule has 2 saturated heterocycles. The predicted octanol–water partition coefficient (Wildman–Crippen LogP) is -0.363. The molecule has 1 radical (unpaired) electrons. The van der Waals surface area contributed by atoms with E-state index in [1.807, 2.05) is 13.3 Å². The van der Waals surface area contributed by atoms with Crippen molar-refractivity contribution in [3.63, 3.8) is 0 Å². The summed E-state index contributed by atoms with van der Waals surface area (Å²) in [6.07, 6.45) is 1.10. The van der Waals surface area contributed by atoms with E-state index in [0.717, 1.165) is 0 Å². The third kappa shape index (κ3) is 3.39. The minimum atomic E-state index is -1.57. The van der Waals surface area contributed by atoms with E-state index >= 15 is 0 Å². The summed E-state index contributed by atoms with van der Waals surface area (Å²) < 4.78 is 11.1. The van der Waals surface area contributed by atoms with Gasteiger partial charge in [0.2, 0.25) is 0 Å². The number of rotatable bonds is 4. The largest absolute Gasteiger partial charge is 0.480 e. The van der Waals surface area contributed by atoms with Crippen LogP contribution in [0.5, 0.6) is 0 Å². The van der Waals surface area contributed by atoms with Gasteiger partial charge in [0.25, 0.3) is 0 Å². The Balaban J connectivity index is 0.00000200. The molecule has 2 rings (SSSR count). The SMILES string of the molecule is CC1[CH-]COC2C[C@@](CC(N)C(=O)O)(C(=O)O)OC12.[Y]. The summed E-state index contributed by atoms with van der Waals surface area (Å²) in [6.45, 7) is 2.38. The van der Waals surface area contributed by atoms with Gasteiger partial charge < -0.3 is 25.4 Å². The van der Waals surface area contributed by atoms with Gasteiger partial charge in [-0.3, -0.25) is 11.2 Å². The molecular formula is C12H18NO6Y-. The van der Waals surface area contributed by atoms with Crippen molar-refractivity contribution in [1.82, 2.24) is 0 Å². The van der Waals surface area contributed by atoms with E-state index in [2.05, 4.69) is 0 Å². The monoisotopic (exact) mass is 361 g/mol. The fourth-order valence-corrected chi connectivity index (χ4v) is 2.69. The Morgan fingerprint density at radius 1 is 1.50 bits per heavy atom. The number of carboxylic acid groups (broad SMARTS) is 2. The maximum Gasteiger partial charge on any atom is 0.336 e. The molecule has 0 aromatic rings. The zero-order chi connectivity index (χ0) is 14.2.